The Bertz CT molecular complexity index is 111. The molecule has 1 aliphatic carbocycles. The van der Waals surface area contributed by atoms with Crippen LogP contribution in [0.4, 0.5) is 0 Å². The molecule has 0 amide bonds. The molecule has 1 fully saturated rings. The van der Waals surface area contributed by atoms with E-state index >= 15 is 0 Å². The molecular weight excluding hydrogens is 122 g/mol. The van der Waals surface area contributed by atoms with Gasteiger partial charge in [0.2, 0.25) is 0 Å². The highest BCUT2D eigenvalue weighted by molar-refractivity contribution is 4.87. The third-order valence-electron chi connectivity index (χ3n) is 3.38. The molecule has 2 N–H and O–H groups in total. The maximum absolute atomic E-state index is 5.68. The molecule has 1 saturated carbocycles. The van der Waals surface area contributed by atoms with Crippen molar-refractivity contribution in [2.75, 3.05) is 6.54 Å². The van der Waals surface area contributed by atoms with Crippen molar-refractivity contribution < 1.29 is 0 Å². The standard InChI is InChI=1S/C9H19N/c1-3-9(2)6-4-5-8(9)7-10/h8H,3-7,10H2,1-2H3. The van der Waals surface area contributed by atoms with Gasteiger partial charge in [-0.2, -0.15) is 0 Å². The zero-order valence-corrected chi connectivity index (χ0v) is 7.19. The Hall–Kier alpha value is -0.0400. The first kappa shape index (κ1) is 8.06. The molecule has 0 saturated heterocycles. The summed E-state index contributed by atoms with van der Waals surface area (Å²) in [6.07, 6.45) is 5.45. The summed E-state index contributed by atoms with van der Waals surface area (Å²) in [5.41, 5.74) is 6.26. The molecular formula is C9H19N. The van der Waals surface area contributed by atoms with Crippen molar-refractivity contribution in [2.24, 2.45) is 17.1 Å². The van der Waals surface area contributed by atoms with Crippen molar-refractivity contribution in [1.29, 1.82) is 0 Å². The van der Waals surface area contributed by atoms with Crippen molar-refractivity contribution in [1.82, 2.24) is 0 Å². The summed E-state index contributed by atoms with van der Waals surface area (Å²) in [6, 6.07) is 0. The first-order valence-electron chi connectivity index (χ1n) is 4.43. The van der Waals surface area contributed by atoms with Crippen LogP contribution in [0.3, 0.4) is 0 Å². The second-order valence-electron chi connectivity index (χ2n) is 3.83. The minimum Gasteiger partial charge on any atom is -0.330 e. The van der Waals surface area contributed by atoms with Crippen LogP contribution in [0.5, 0.6) is 0 Å². The molecule has 1 rings (SSSR count). The Morgan fingerprint density at radius 1 is 1.60 bits per heavy atom. The SMILES string of the molecule is CCC1(C)CCCC1CN. The topological polar surface area (TPSA) is 26.0 Å². The van der Waals surface area contributed by atoms with E-state index in [1.54, 1.807) is 0 Å². The lowest BCUT2D eigenvalue weighted by Crippen LogP contribution is -2.27. The van der Waals surface area contributed by atoms with Gasteiger partial charge in [0.15, 0.2) is 0 Å². The molecule has 60 valence electrons. The maximum atomic E-state index is 5.68. The van der Waals surface area contributed by atoms with Crippen LogP contribution in [-0.4, -0.2) is 6.54 Å². The Morgan fingerprint density at radius 3 is 2.70 bits per heavy atom. The highest BCUT2D eigenvalue weighted by Gasteiger charge is 2.35. The molecule has 0 bridgehead atoms. The van der Waals surface area contributed by atoms with Gasteiger partial charge in [0.05, 0.1) is 0 Å². The third-order valence-corrected chi connectivity index (χ3v) is 3.38. The quantitative estimate of drug-likeness (QED) is 0.626. The maximum Gasteiger partial charge on any atom is -0.00437 e. The van der Waals surface area contributed by atoms with Gasteiger partial charge in [0.1, 0.15) is 0 Å². The van der Waals surface area contributed by atoms with Gasteiger partial charge in [0.25, 0.3) is 0 Å². The van der Waals surface area contributed by atoms with Crippen LogP contribution >= 0.6 is 0 Å². The van der Waals surface area contributed by atoms with Crippen LogP contribution < -0.4 is 5.73 Å². The summed E-state index contributed by atoms with van der Waals surface area (Å²) in [5, 5.41) is 0. The van der Waals surface area contributed by atoms with Gasteiger partial charge in [-0.25, -0.2) is 0 Å². The number of hydrogen-bond acceptors (Lipinski definition) is 1. The smallest absolute Gasteiger partial charge is 0.00437 e. The van der Waals surface area contributed by atoms with E-state index in [2.05, 4.69) is 13.8 Å². The van der Waals surface area contributed by atoms with Crippen molar-refractivity contribution >= 4 is 0 Å². The van der Waals surface area contributed by atoms with E-state index in [0.29, 0.717) is 5.41 Å². The summed E-state index contributed by atoms with van der Waals surface area (Å²) in [5.74, 6) is 0.803. The average molecular weight is 141 g/mol. The summed E-state index contributed by atoms with van der Waals surface area (Å²) in [7, 11) is 0. The lowest BCUT2D eigenvalue weighted by molar-refractivity contribution is 0.225. The van der Waals surface area contributed by atoms with Crippen molar-refractivity contribution in [3.63, 3.8) is 0 Å². The fraction of sp³-hybridized carbons (Fsp3) is 1.00. The summed E-state index contributed by atoms with van der Waals surface area (Å²) >= 11 is 0. The third kappa shape index (κ3) is 1.20. The van der Waals surface area contributed by atoms with Gasteiger partial charge in [-0.15, -0.1) is 0 Å². The minimum absolute atomic E-state index is 0.578. The number of hydrogen-bond donors (Lipinski definition) is 1. The molecule has 0 aliphatic heterocycles. The van der Waals surface area contributed by atoms with Crippen LogP contribution in [0.15, 0.2) is 0 Å². The zero-order valence-electron chi connectivity index (χ0n) is 7.19. The molecule has 1 heteroatoms. The van der Waals surface area contributed by atoms with E-state index in [4.69, 9.17) is 5.73 Å². The zero-order chi connectivity index (χ0) is 7.61. The Kier molecular flexibility index (Phi) is 2.35. The molecule has 2 unspecified atom stereocenters. The Labute approximate surface area is 64.0 Å². The first-order chi connectivity index (χ1) is 4.73. The molecule has 0 aromatic rings. The number of nitrogens with two attached hydrogens (primary N) is 1. The van der Waals surface area contributed by atoms with Crippen LogP contribution in [0.1, 0.15) is 39.5 Å². The van der Waals surface area contributed by atoms with Gasteiger partial charge < -0.3 is 5.73 Å². The molecule has 1 aliphatic rings. The summed E-state index contributed by atoms with van der Waals surface area (Å²) in [4.78, 5) is 0. The van der Waals surface area contributed by atoms with E-state index in [1.807, 2.05) is 0 Å². The van der Waals surface area contributed by atoms with E-state index < -0.39 is 0 Å². The van der Waals surface area contributed by atoms with Crippen molar-refractivity contribution in [3.05, 3.63) is 0 Å². The van der Waals surface area contributed by atoms with Gasteiger partial charge in [-0.1, -0.05) is 26.7 Å². The molecule has 0 heterocycles. The van der Waals surface area contributed by atoms with E-state index in [0.717, 1.165) is 12.5 Å². The molecule has 2 atom stereocenters. The molecule has 0 aromatic heterocycles. The van der Waals surface area contributed by atoms with Crippen LogP contribution in [0.25, 0.3) is 0 Å². The molecule has 0 spiro atoms. The van der Waals surface area contributed by atoms with Crippen LogP contribution in [-0.2, 0) is 0 Å². The lowest BCUT2D eigenvalue weighted by Gasteiger charge is -2.29. The Balaban J connectivity index is 2.56. The highest BCUT2D eigenvalue weighted by atomic mass is 14.6. The van der Waals surface area contributed by atoms with Gasteiger partial charge in [-0.05, 0) is 30.7 Å². The normalized spacial score (nSPS) is 40.5. The average Bonchev–Trinajstić information content (AvgIpc) is 2.32. The molecule has 0 aromatic carbocycles. The van der Waals surface area contributed by atoms with Gasteiger partial charge >= 0.3 is 0 Å². The molecule has 0 radical (unpaired) electrons. The van der Waals surface area contributed by atoms with E-state index in [9.17, 15) is 0 Å². The predicted octanol–water partition coefficient (Wildman–Crippen LogP) is 2.16. The van der Waals surface area contributed by atoms with Crippen molar-refractivity contribution in [3.8, 4) is 0 Å². The minimum atomic E-state index is 0.578. The summed E-state index contributed by atoms with van der Waals surface area (Å²) < 4.78 is 0. The predicted molar refractivity (Wildman–Crippen MR) is 44.8 cm³/mol. The van der Waals surface area contributed by atoms with Crippen molar-refractivity contribution in [2.45, 2.75) is 39.5 Å². The second kappa shape index (κ2) is 2.91. The number of rotatable bonds is 2. The Morgan fingerprint density at radius 2 is 2.30 bits per heavy atom. The fourth-order valence-electron chi connectivity index (χ4n) is 2.17. The first-order valence-corrected chi connectivity index (χ1v) is 4.43. The monoisotopic (exact) mass is 141 g/mol. The lowest BCUT2D eigenvalue weighted by atomic mass is 9.78. The van der Waals surface area contributed by atoms with E-state index in [-0.39, 0.29) is 0 Å². The molecule has 10 heavy (non-hydrogen) atoms. The van der Waals surface area contributed by atoms with E-state index in [1.165, 1.54) is 25.7 Å². The van der Waals surface area contributed by atoms with Gasteiger partial charge in [0, 0.05) is 0 Å². The van der Waals surface area contributed by atoms with Crippen LogP contribution in [0.2, 0.25) is 0 Å². The second-order valence-corrected chi connectivity index (χ2v) is 3.83. The fourth-order valence-corrected chi connectivity index (χ4v) is 2.17. The van der Waals surface area contributed by atoms with Gasteiger partial charge in [-0.3, -0.25) is 0 Å². The largest absolute Gasteiger partial charge is 0.330 e. The highest BCUT2D eigenvalue weighted by Crippen LogP contribution is 2.44. The van der Waals surface area contributed by atoms with Crippen LogP contribution in [0, 0.1) is 11.3 Å². The molecule has 1 nitrogen and oxygen atoms in total. The summed E-state index contributed by atoms with van der Waals surface area (Å²) in [6.45, 7) is 5.57.